The third-order valence-corrected chi connectivity index (χ3v) is 3.42. The molecule has 0 aliphatic carbocycles. The van der Waals surface area contributed by atoms with E-state index in [9.17, 15) is 0 Å². The van der Waals surface area contributed by atoms with E-state index in [0.717, 1.165) is 42.0 Å². The third kappa shape index (κ3) is 2.98. The molecule has 0 bridgehead atoms. The molecule has 6 nitrogen and oxygen atoms in total. The van der Waals surface area contributed by atoms with Gasteiger partial charge in [-0.05, 0) is 28.8 Å². The van der Waals surface area contributed by atoms with E-state index in [0.29, 0.717) is 0 Å². The van der Waals surface area contributed by atoms with Gasteiger partial charge in [0.05, 0.1) is 6.33 Å². The number of imidazole rings is 2. The normalized spacial score (nSPS) is 11.1. The van der Waals surface area contributed by atoms with Crippen molar-refractivity contribution in [3.8, 4) is 0 Å². The van der Waals surface area contributed by atoms with Gasteiger partial charge in [-0.3, -0.25) is 0 Å². The maximum Gasteiger partial charge on any atom is 0.180 e. The van der Waals surface area contributed by atoms with Crippen LogP contribution in [0.2, 0.25) is 0 Å². The summed E-state index contributed by atoms with van der Waals surface area (Å²) in [6.07, 6.45) is 13.4. The van der Waals surface area contributed by atoms with Gasteiger partial charge in [0, 0.05) is 44.1 Å². The minimum atomic E-state index is 0.795. The fraction of sp³-hybridized carbons (Fsp3) is 0.308. The topological polar surface area (TPSA) is 60.0 Å². The van der Waals surface area contributed by atoms with Crippen molar-refractivity contribution in [3.63, 3.8) is 0 Å². The molecular formula is C13H15BrN6. The number of anilines is 1. The van der Waals surface area contributed by atoms with Crippen molar-refractivity contribution in [1.29, 1.82) is 0 Å². The van der Waals surface area contributed by atoms with Crippen molar-refractivity contribution in [2.75, 3.05) is 11.9 Å². The maximum atomic E-state index is 4.43. The smallest absolute Gasteiger partial charge is 0.180 e. The van der Waals surface area contributed by atoms with Crippen LogP contribution >= 0.6 is 15.9 Å². The van der Waals surface area contributed by atoms with E-state index in [4.69, 9.17) is 0 Å². The molecule has 3 aromatic rings. The first kappa shape index (κ1) is 13.1. The van der Waals surface area contributed by atoms with Crippen molar-refractivity contribution in [3.05, 3.63) is 41.9 Å². The average molecular weight is 335 g/mol. The van der Waals surface area contributed by atoms with Gasteiger partial charge < -0.3 is 14.3 Å². The fourth-order valence-corrected chi connectivity index (χ4v) is 2.46. The highest BCUT2D eigenvalue weighted by Gasteiger charge is 2.05. The van der Waals surface area contributed by atoms with Crippen LogP contribution in [-0.4, -0.2) is 30.5 Å². The lowest BCUT2D eigenvalue weighted by Crippen LogP contribution is -2.07. The summed E-state index contributed by atoms with van der Waals surface area (Å²) in [5.41, 5.74) is 0.850. The van der Waals surface area contributed by atoms with Crippen molar-refractivity contribution < 1.29 is 0 Å². The van der Waals surface area contributed by atoms with E-state index >= 15 is 0 Å². The monoisotopic (exact) mass is 334 g/mol. The molecule has 0 saturated heterocycles. The van der Waals surface area contributed by atoms with Crippen molar-refractivity contribution >= 4 is 27.4 Å². The molecule has 0 aliphatic rings. The highest BCUT2D eigenvalue weighted by Crippen LogP contribution is 2.16. The van der Waals surface area contributed by atoms with Gasteiger partial charge in [-0.2, -0.15) is 0 Å². The minimum absolute atomic E-state index is 0.795. The second-order valence-corrected chi connectivity index (χ2v) is 5.32. The SMILES string of the molecule is Brc1cn2ccnc2c(NCCCCn2ccnc2)n1. The van der Waals surface area contributed by atoms with Gasteiger partial charge in [0.15, 0.2) is 11.5 Å². The van der Waals surface area contributed by atoms with Crippen molar-refractivity contribution in [2.24, 2.45) is 0 Å². The highest BCUT2D eigenvalue weighted by molar-refractivity contribution is 9.10. The Morgan fingerprint density at radius 2 is 2.15 bits per heavy atom. The Morgan fingerprint density at radius 1 is 1.20 bits per heavy atom. The van der Waals surface area contributed by atoms with Gasteiger partial charge in [-0.25, -0.2) is 15.0 Å². The van der Waals surface area contributed by atoms with Crippen LogP contribution in [0.5, 0.6) is 0 Å². The molecule has 20 heavy (non-hydrogen) atoms. The van der Waals surface area contributed by atoms with E-state index in [1.54, 1.807) is 12.4 Å². The van der Waals surface area contributed by atoms with Crippen LogP contribution in [0.4, 0.5) is 5.82 Å². The van der Waals surface area contributed by atoms with E-state index in [2.05, 4.69) is 40.8 Å². The predicted molar refractivity (Wildman–Crippen MR) is 80.6 cm³/mol. The molecular weight excluding hydrogens is 320 g/mol. The Labute approximate surface area is 125 Å². The summed E-state index contributed by atoms with van der Waals surface area (Å²) in [5, 5.41) is 3.35. The summed E-state index contributed by atoms with van der Waals surface area (Å²) < 4.78 is 4.83. The van der Waals surface area contributed by atoms with Gasteiger partial charge in [0.1, 0.15) is 4.60 Å². The number of aryl methyl sites for hydroxylation is 1. The molecule has 0 atom stereocenters. The van der Waals surface area contributed by atoms with Crippen LogP contribution < -0.4 is 5.32 Å². The Bertz CT molecular complexity index is 675. The summed E-state index contributed by atoms with van der Waals surface area (Å²) in [6, 6.07) is 0. The summed E-state index contributed by atoms with van der Waals surface area (Å²) in [4.78, 5) is 12.8. The third-order valence-electron chi connectivity index (χ3n) is 3.04. The zero-order chi connectivity index (χ0) is 13.8. The summed E-state index contributed by atoms with van der Waals surface area (Å²) in [6.45, 7) is 1.87. The summed E-state index contributed by atoms with van der Waals surface area (Å²) >= 11 is 3.41. The zero-order valence-electron chi connectivity index (χ0n) is 10.9. The van der Waals surface area contributed by atoms with Gasteiger partial charge >= 0.3 is 0 Å². The number of rotatable bonds is 6. The van der Waals surface area contributed by atoms with Crippen LogP contribution in [0.3, 0.4) is 0 Å². The Hall–Kier alpha value is -1.89. The molecule has 0 radical (unpaired) electrons. The summed E-state index contributed by atoms with van der Waals surface area (Å²) in [7, 11) is 0. The predicted octanol–water partition coefficient (Wildman–Crippen LogP) is 2.58. The summed E-state index contributed by atoms with van der Waals surface area (Å²) in [5.74, 6) is 0.812. The molecule has 0 aromatic carbocycles. The lowest BCUT2D eigenvalue weighted by molar-refractivity contribution is 0.620. The highest BCUT2D eigenvalue weighted by atomic mass is 79.9. The number of nitrogens with one attached hydrogen (secondary N) is 1. The van der Waals surface area contributed by atoms with Crippen LogP contribution in [0.15, 0.2) is 41.9 Å². The minimum Gasteiger partial charge on any atom is -0.367 e. The van der Waals surface area contributed by atoms with Gasteiger partial charge in [0.25, 0.3) is 0 Å². The van der Waals surface area contributed by atoms with E-state index in [1.165, 1.54) is 0 Å². The molecule has 1 N–H and O–H groups in total. The molecule has 7 heteroatoms. The van der Waals surface area contributed by atoms with Crippen LogP contribution in [-0.2, 0) is 6.54 Å². The van der Waals surface area contributed by atoms with Crippen molar-refractivity contribution in [1.82, 2.24) is 23.9 Å². The lowest BCUT2D eigenvalue weighted by Gasteiger charge is -2.07. The number of unbranched alkanes of at least 4 members (excludes halogenated alkanes) is 1. The average Bonchev–Trinajstić information content (AvgIpc) is 3.08. The lowest BCUT2D eigenvalue weighted by atomic mass is 10.3. The van der Waals surface area contributed by atoms with E-state index in [1.807, 2.05) is 29.3 Å². The Kier molecular flexibility index (Phi) is 3.96. The number of halogens is 1. The van der Waals surface area contributed by atoms with Crippen LogP contribution in [0.25, 0.3) is 5.65 Å². The number of nitrogens with zero attached hydrogens (tertiary/aromatic N) is 5. The maximum absolute atomic E-state index is 4.43. The number of hydrogen-bond acceptors (Lipinski definition) is 4. The first-order valence-electron chi connectivity index (χ1n) is 6.52. The molecule has 0 amide bonds. The zero-order valence-corrected chi connectivity index (χ0v) is 12.5. The number of hydrogen-bond donors (Lipinski definition) is 1. The van der Waals surface area contributed by atoms with E-state index in [-0.39, 0.29) is 0 Å². The first-order chi connectivity index (χ1) is 9.83. The van der Waals surface area contributed by atoms with Crippen LogP contribution in [0, 0.1) is 0 Å². The second-order valence-electron chi connectivity index (χ2n) is 4.50. The molecule has 0 unspecified atom stereocenters. The van der Waals surface area contributed by atoms with Crippen LogP contribution in [0.1, 0.15) is 12.8 Å². The Morgan fingerprint density at radius 3 is 3.00 bits per heavy atom. The Balaban J connectivity index is 1.53. The molecule has 3 rings (SSSR count). The standard InChI is InChI=1S/C13H15BrN6/c14-11-9-20-8-5-17-13(20)12(18-11)16-3-1-2-6-19-7-4-15-10-19/h4-5,7-10H,1-3,6H2,(H,16,18). The first-order valence-corrected chi connectivity index (χ1v) is 7.31. The van der Waals surface area contributed by atoms with Crippen molar-refractivity contribution in [2.45, 2.75) is 19.4 Å². The van der Waals surface area contributed by atoms with Gasteiger partial charge in [0.2, 0.25) is 0 Å². The molecule has 3 aromatic heterocycles. The van der Waals surface area contributed by atoms with Gasteiger partial charge in [-0.15, -0.1) is 0 Å². The quantitative estimate of drug-likeness (QED) is 0.704. The number of fused-ring (bicyclic) bond motifs is 1. The molecule has 104 valence electrons. The molecule has 0 aliphatic heterocycles. The largest absolute Gasteiger partial charge is 0.367 e. The molecule has 3 heterocycles. The number of aromatic nitrogens is 5. The molecule has 0 fully saturated rings. The molecule has 0 spiro atoms. The second kappa shape index (κ2) is 6.04. The van der Waals surface area contributed by atoms with Gasteiger partial charge in [-0.1, -0.05) is 0 Å². The molecule has 0 saturated carbocycles. The fourth-order valence-electron chi connectivity index (χ4n) is 2.06. The van der Waals surface area contributed by atoms with E-state index < -0.39 is 0 Å².